The molecule has 4 nitrogen and oxygen atoms in total. The van der Waals surface area contributed by atoms with Crippen LogP contribution in [0.3, 0.4) is 0 Å². The van der Waals surface area contributed by atoms with Crippen molar-refractivity contribution < 1.29 is 9.18 Å². The van der Waals surface area contributed by atoms with Crippen LogP contribution in [0.5, 0.6) is 0 Å². The number of nitrogens with one attached hydrogen (secondary N) is 1. The molecule has 1 heterocycles. The van der Waals surface area contributed by atoms with E-state index in [2.05, 4.69) is 15.5 Å². The summed E-state index contributed by atoms with van der Waals surface area (Å²) < 4.78 is 12.9. The highest BCUT2D eigenvalue weighted by atomic mass is 19.1. The molecule has 0 saturated heterocycles. The predicted octanol–water partition coefficient (Wildman–Crippen LogP) is 3.40. The molecule has 0 spiro atoms. The molecule has 5 heteroatoms. The predicted molar refractivity (Wildman–Crippen MR) is 90.2 cm³/mol. The molecule has 118 valence electrons. The Kier molecular flexibility index (Phi) is 4.72. The van der Waals surface area contributed by atoms with Gasteiger partial charge in [-0.1, -0.05) is 30.3 Å². The molecule has 1 aromatic heterocycles. The second-order valence-electron chi connectivity index (χ2n) is 5.01. The van der Waals surface area contributed by atoms with Crippen LogP contribution in [-0.2, 0) is 0 Å². The molecule has 24 heavy (non-hydrogen) atoms. The molecule has 1 N–H and O–H groups in total. The lowest BCUT2D eigenvalue weighted by Crippen LogP contribution is -2.20. The van der Waals surface area contributed by atoms with Gasteiger partial charge in [0.2, 0.25) is 0 Å². The van der Waals surface area contributed by atoms with E-state index < -0.39 is 11.7 Å². The topological polar surface area (TPSA) is 54.4 Å². The van der Waals surface area contributed by atoms with Crippen molar-refractivity contribution in [3.63, 3.8) is 0 Å². The maximum Gasteiger partial charge on any atom is 0.271 e. The number of hydrazone groups is 1. The summed E-state index contributed by atoms with van der Waals surface area (Å²) in [5.41, 5.74) is 5.17. The van der Waals surface area contributed by atoms with Crippen molar-refractivity contribution in [2.75, 3.05) is 0 Å². The normalized spacial score (nSPS) is 11.1. The monoisotopic (exact) mass is 319 g/mol. The Morgan fingerprint density at radius 3 is 2.12 bits per heavy atom. The molecule has 3 aromatic rings. The van der Waals surface area contributed by atoms with Crippen molar-refractivity contribution in [1.29, 1.82) is 0 Å². The van der Waals surface area contributed by atoms with E-state index in [1.54, 1.807) is 12.4 Å². The molecular formula is C19H14FN3O. The Bertz CT molecular complexity index is 805. The summed E-state index contributed by atoms with van der Waals surface area (Å²) in [6.45, 7) is 0. The third-order valence-corrected chi connectivity index (χ3v) is 3.38. The highest BCUT2D eigenvalue weighted by molar-refractivity contribution is 6.13. The van der Waals surface area contributed by atoms with Crippen LogP contribution in [0.2, 0.25) is 0 Å². The van der Waals surface area contributed by atoms with E-state index in [-0.39, 0.29) is 0 Å². The molecular weight excluding hydrogens is 305 g/mol. The lowest BCUT2D eigenvalue weighted by molar-refractivity contribution is 0.0955. The van der Waals surface area contributed by atoms with Crippen LogP contribution < -0.4 is 5.43 Å². The molecule has 0 aliphatic carbocycles. The highest BCUT2D eigenvalue weighted by Gasteiger charge is 2.09. The van der Waals surface area contributed by atoms with Crippen molar-refractivity contribution in [3.05, 3.63) is 102 Å². The Hall–Kier alpha value is -3.34. The lowest BCUT2D eigenvalue weighted by Gasteiger charge is -2.08. The first kappa shape index (κ1) is 15.6. The van der Waals surface area contributed by atoms with E-state index in [1.165, 1.54) is 24.3 Å². The Morgan fingerprint density at radius 1 is 0.833 bits per heavy atom. The van der Waals surface area contributed by atoms with Gasteiger partial charge in [-0.2, -0.15) is 5.10 Å². The van der Waals surface area contributed by atoms with Crippen LogP contribution in [0, 0.1) is 5.82 Å². The maximum absolute atomic E-state index is 12.9. The smallest absolute Gasteiger partial charge is 0.267 e. The summed E-state index contributed by atoms with van der Waals surface area (Å²) in [7, 11) is 0. The van der Waals surface area contributed by atoms with Crippen molar-refractivity contribution in [3.8, 4) is 0 Å². The molecule has 2 aromatic carbocycles. The van der Waals surface area contributed by atoms with Crippen LogP contribution in [0.1, 0.15) is 21.5 Å². The molecule has 0 saturated carbocycles. The van der Waals surface area contributed by atoms with Gasteiger partial charge in [0.15, 0.2) is 0 Å². The fourth-order valence-corrected chi connectivity index (χ4v) is 2.17. The zero-order chi connectivity index (χ0) is 16.8. The Balaban J connectivity index is 1.90. The largest absolute Gasteiger partial charge is 0.271 e. The van der Waals surface area contributed by atoms with Gasteiger partial charge >= 0.3 is 0 Å². The van der Waals surface area contributed by atoms with Gasteiger partial charge in [0.1, 0.15) is 5.82 Å². The van der Waals surface area contributed by atoms with E-state index in [9.17, 15) is 9.18 Å². The van der Waals surface area contributed by atoms with Crippen molar-refractivity contribution in [1.82, 2.24) is 10.4 Å². The van der Waals surface area contributed by atoms with Crippen LogP contribution in [0.4, 0.5) is 4.39 Å². The second kappa shape index (κ2) is 7.28. The number of hydrogen-bond donors (Lipinski definition) is 1. The van der Waals surface area contributed by atoms with Gasteiger partial charge < -0.3 is 0 Å². The van der Waals surface area contributed by atoms with E-state index in [1.807, 2.05) is 42.5 Å². The Labute approximate surface area is 138 Å². The average molecular weight is 319 g/mol. The number of aromatic nitrogens is 1. The van der Waals surface area contributed by atoms with Crippen LogP contribution in [0.15, 0.2) is 84.2 Å². The molecule has 0 aliphatic rings. The molecule has 3 rings (SSSR count). The summed E-state index contributed by atoms with van der Waals surface area (Å²) in [6.07, 6.45) is 3.32. The molecule has 0 bridgehead atoms. The van der Waals surface area contributed by atoms with Gasteiger partial charge in [-0.05, 0) is 36.4 Å². The van der Waals surface area contributed by atoms with Gasteiger partial charge in [0.05, 0.1) is 5.71 Å². The number of nitrogens with zero attached hydrogens (tertiary/aromatic N) is 2. The minimum absolute atomic E-state index is 0.335. The number of amides is 1. The van der Waals surface area contributed by atoms with Gasteiger partial charge in [-0.3, -0.25) is 9.78 Å². The van der Waals surface area contributed by atoms with Crippen LogP contribution >= 0.6 is 0 Å². The highest BCUT2D eigenvalue weighted by Crippen LogP contribution is 2.10. The maximum atomic E-state index is 12.9. The van der Waals surface area contributed by atoms with Crippen molar-refractivity contribution in [2.45, 2.75) is 0 Å². The first-order valence-electron chi connectivity index (χ1n) is 7.33. The van der Waals surface area contributed by atoms with Gasteiger partial charge in [-0.15, -0.1) is 0 Å². The van der Waals surface area contributed by atoms with E-state index in [4.69, 9.17) is 0 Å². The number of carbonyl (C=O) groups excluding carboxylic acids is 1. The summed E-state index contributed by atoms with van der Waals surface area (Å²) in [5, 5.41) is 4.26. The number of hydrogen-bond acceptors (Lipinski definition) is 3. The zero-order valence-corrected chi connectivity index (χ0v) is 12.7. The lowest BCUT2D eigenvalue weighted by atomic mass is 10.0. The number of pyridine rings is 1. The second-order valence-corrected chi connectivity index (χ2v) is 5.01. The fraction of sp³-hybridized carbons (Fsp3) is 0. The molecule has 1 amide bonds. The minimum atomic E-state index is -0.405. The summed E-state index contributed by atoms with van der Waals surface area (Å²) in [6, 6.07) is 18.4. The van der Waals surface area contributed by atoms with E-state index >= 15 is 0 Å². The standard InChI is InChI=1S/C19H14FN3O/c20-17-8-6-16(7-9-17)19(24)23-22-18(14-4-2-1-3-5-14)15-10-12-21-13-11-15/h1-13H,(H,23,24)/b22-18+. The third kappa shape index (κ3) is 3.70. The van der Waals surface area contributed by atoms with E-state index in [0.29, 0.717) is 11.3 Å². The number of benzene rings is 2. The zero-order valence-electron chi connectivity index (χ0n) is 12.7. The average Bonchev–Trinajstić information content (AvgIpc) is 2.64. The number of carbonyl (C=O) groups is 1. The van der Waals surface area contributed by atoms with Crippen LogP contribution in [0.25, 0.3) is 0 Å². The van der Waals surface area contributed by atoms with Gasteiger partial charge in [0.25, 0.3) is 5.91 Å². The molecule has 0 aliphatic heterocycles. The van der Waals surface area contributed by atoms with Crippen LogP contribution in [-0.4, -0.2) is 16.6 Å². The Morgan fingerprint density at radius 2 is 1.46 bits per heavy atom. The molecule has 0 fully saturated rings. The van der Waals surface area contributed by atoms with Gasteiger partial charge in [0, 0.05) is 29.1 Å². The van der Waals surface area contributed by atoms with Crippen molar-refractivity contribution in [2.24, 2.45) is 5.10 Å². The molecule has 0 atom stereocenters. The SMILES string of the molecule is O=C(N/N=C(\c1ccccc1)c1ccncc1)c1ccc(F)cc1. The van der Waals surface area contributed by atoms with Gasteiger partial charge in [-0.25, -0.2) is 9.82 Å². The number of halogens is 1. The summed E-state index contributed by atoms with van der Waals surface area (Å²) in [4.78, 5) is 16.2. The van der Waals surface area contributed by atoms with E-state index in [0.717, 1.165) is 11.1 Å². The summed E-state index contributed by atoms with van der Waals surface area (Å²) >= 11 is 0. The number of rotatable bonds is 4. The third-order valence-electron chi connectivity index (χ3n) is 3.38. The fourth-order valence-electron chi connectivity index (χ4n) is 2.17. The van der Waals surface area contributed by atoms with Crippen molar-refractivity contribution >= 4 is 11.6 Å². The molecule has 0 radical (unpaired) electrons. The first-order chi connectivity index (χ1) is 11.7. The first-order valence-corrected chi connectivity index (χ1v) is 7.33. The summed E-state index contributed by atoms with van der Waals surface area (Å²) in [5.74, 6) is -0.797. The quantitative estimate of drug-likeness (QED) is 0.592. The molecule has 0 unspecified atom stereocenters. The minimum Gasteiger partial charge on any atom is -0.267 e.